The van der Waals surface area contributed by atoms with Gasteiger partial charge in [-0.3, -0.25) is 5.73 Å². The first kappa shape index (κ1) is 14.9. The van der Waals surface area contributed by atoms with Crippen molar-refractivity contribution in [2.45, 2.75) is 12.7 Å². The van der Waals surface area contributed by atoms with Crippen molar-refractivity contribution in [2.24, 2.45) is 16.5 Å². The van der Waals surface area contributed by atoms with Crippen LogP contribution in [0.1, 0.15) is 11.1 Å². The van der Waals surface area contributed by atoms with Crippen molar-refractivity contribution >= 4 is 11.5 Å². The molecule has 0 spiro atoms. The number of anilines is 1. The van der Waals surface area contributed by atoms with Crippen molar-refractivity contribution in [3.8, 4) is 0 Å². The molecule has 22 heavy (non-hydrogen) atoms. The molecular weight excluding hydrogens is 276 g/mol. The Bertz CT molecular complexity index is 615. The fourth-order valence-corrected chi connectivity index (χ4v) is 2.97. The number of likely N-dealkylation sites (N-methyl/N-ethyl adjacent to an activating group) is 1. The molecule has 0 radical (unpaired) electrons. The second-order valence-electron chi connectivity index (χ2n) is 6.07. The minimum Gasteiger partial charge on any atom is -0.384 e. The largest absolute Gasteiger partial charge is 0.384 e. The van der Waals surface area contributed by atoms with E-state index in [2.05, 4.69) is 46.2 Å². The molecular formula is C16H24N6. The third-order valence-corrected chi connectivity index (χ3v) is 4.34. The van der Waals surface area contributed by atoms with Crippen molar-refractivity contribution in [1.29, 1.82) is 0 Å². The van der Waals surface area contributed by atoms with Gasteiger partial charge in [-0.2, -0.15) is 0 Å². The van der Waals surface area contributed by atoms with Crippen LogP contribution < -0.4 is 21.7 Å². The van der Waals surface area contributed by atoms with Crippen LogP contribution in [0.3, 0.4) is 0 Å². The maximum absolute atomic E-state index is 6.34. The molecule has 1 atom stereocenters. The first-order valence-electron chi connectivity index (χ1n) is 7.61. The Labute approximate surface area is 131 Å². The summed E-state index contributed by atoms with van der Waals surface area (Å²) in [7, 11) is 2.16. The predicted molar refractivity (Wildman–Crippen MR) is 90.7 cm³/mol. The number of nitrogens with zero attached hydrogens (tertiary/aromatic N) is 3. The summed E-state index contributed by atoms with van der Waals surface area (Å²) in [6.07, 6.45) is 3.45. The minimum atomic E-state index is -0.982. The van der Waals surface area contributed by atoms with Gasteiger partial charge in [0.25, 0.3) is 0 Å². The van der Waals surface area contributed by atoms with Gasteiger partial charge in [0.2, 0.25) is 5.79 Å². The molecule has 0 aromatic heterocycles. The maximum Gasteiger partial charge on any atom is 0.211 e. The maximum atomic E-state index is 6.34. The molecule has 1 aromatic rings. The van der Waals surface area contributed by atoms with Gasteiger partial charge in [0, 0.05) is 43.6 Å². The van der Waals surface area contributed by atoms with E-state index < -0.39 is 5.79 Å². The van der Waals surface area contributed by atoms with Gasteiger partial charge in [-0.05, 0) is 37.7 Å². The molecule has 6 heteroatoms. The number of hydrogen-bond donors (Lipinski definition) is 3. The number of benzene rings is 1. The molecule has 1 saturated heterocycles. The first-order valence-corrected chi connectivity index (χ1v) is 7.61. The Hall–Kier alpha value is -2.05. The van der Waals surface area contributed by atoms with Crippen LogP contribution in [-0.2, 0) is 5.79 Å². The van der Waals surface area contributed by atoms with Crippen molar-refractivity contribution in [3.05, 3.63) is 41.6 Å². The number of aryl methyl sites for hydroxylation is 1. The van der Waals surface area contributed by atoms with Crippen molar-refractivity contribution < 1.29 is 0 Å². The highest BCUT2D eigenvalue weighted by atomic mass is 15.3. The molecule has 6 nitrogen and oxygen atoms in total. The number of piperazine rings is 1. The van der Waals surface area contributed by atoms with Gasteiger partial charge in [0.05, 0.1) is 0 Å². The average Bonchev–Trinajstić information content (AvgIpc) is 2.48. The van der Waals surface area contributed by atoms with Gasteiger partial charge >= 0.3 is 0 Å². The van der Waals surface area contributed by atoms with Gasteiger partial charge in [-0.25, -0.2) is 4.99 Å². The lowest BCUT2D eigenvalue weighted by molar-refractivity contribution is 0.312. The number of nitrogens with one attached hydrogen (secondary N) is 1. The van der Waals surface area contributed by atoms with Gasteiger partial charge in [-0.15, -0.1) is 0 Å². The van der Waals surface area contributed by atoms with E-state index in [1.165, 1.54) is 11.3 Å². The molecule has 3 rings (SSSR count). The lowest BCUT2D eigenvalue weighted by atomic mass is 10.0. The van der Waals surface area contributed by atoms with Crippen molar-refractivity contribution in [3.63, 3.8) is 0 Å². The van der Waals surface area contributed by atoms with Crippen LogP contribution in [0.5, 0.6) is 0 Å². The third-order valence-electron chi connectivity index (χ3n) is 4.34. The summed E-state index contributed by atoms with van der Waals surface area (Å²) in [6.45, 7) is 6.41. The van der Waals surface area contributed by atoms with Crippen LogP contribution in [0.25, 0.3) is 0 Å². The fourth-order valence-electron chi connectivity index (χ4n) is 2.97. The molecule has 2 heterocycles. The standard InChI is InChI=1S/C16H24N6/c1-12-11-13(16(18)19-6-5-15(17)20-16)3-4-14(12)22-9-7-21(2)8-10-22/h3-6,11,19H,7-10,18H2,1-2H3,(H2,17,20). The molecule has 0 bridgehead atoms. The summed E-state index contributed by atoms with van der Waals surface area (Å²) in [4.78, 5) is 9.11. The zero-order valence-corrected chi connectivity index (χ0v) is 13.2. The van der Waals surface area contributed by atoms with E-state index in [0.29, 0.717) is 5.84 Å². The number of rotatable bonds is 2. The van der Waals surface area contributed by atoms with E-state index in [4.69, 9.17) is 11.5 Å². The Balaban J connectivity index is 1.85. The summed E-state index contributed by atoms with van der Waals surface area (Å²) >= 11 is 0. The smallest absolute Gasteiger partial charge is 0.211 e. The van der Waals surface area contributed by atoms with E-state index in [9.17, 15) is 0 Å². The van der Waals surface area contributed by atoms with Crippen LogP contribution in [0.15, 0.2) is 35.5 Å². The molecule has 0 saturated carbocycles. The van der Waals surface area contributed by atoms with Crippen LogP contribution >= 0.6 is 0 Å². The van der Waals surface area contributed by atoms with Crippen LogP contribution in [-0.4, -0.2) is 44.0 Å². The van der Waals surface area contributed by atoms with Gasteiger partial charge < -0.3 is 20.9 Å². The second kappa shape index (κ2) is 5.62. The van der Waals surface area contributed by atoms with E-state index in [1.807, 2.05) is 6.07 Å². The SMILES string of the molecule is Cc1cc(C2(N)N=C(N)C=CN2)ccc1N1CCN(C)CC1. The van der Waals surface area contributed by atoms with Gasteiger partial charge in [0.1, 0.15) is 5.84 Å². The van der Waals surface area contributed by atoms with Gasteiger partial charge in [-0.1, -0.05) is 6.07 Å². The predicted octanol–water partition coefficient (Wildman–Crippen LogP) is 0.290. The Morgan fingerprint density at radius 2 is 1.95 bits per heavy atom. The van der Waals surface area contributed by atoms with Crippen molar-refractivity contribution in [1.82, 2.24) is 10.2 Å². The molecule has 0 aliphatic carbocycles. The number of amidine groups is 1. The number of nitrogens with two attached hydrogens (primary N) is 2. The van der Waals surface area contributed by atoms with E-state index in [1.54, 1.807) is 12.3 Å². The van der Waals surface area contributed by atoms with E-state index >= 15 is 0 Å². The Morgan fingerprint density at radius 3 is 2.59 bits per heavy atom. The summed E-state index contributed by atoms with van der Waals surface area (Å²) in [6, 6.07) is 6.26. The third kappa shape index (κ3) is 2.80. The monoisotopic (exact) mass is 300 g/mol. The summed E-state index contributed by atoms with van der Waals surface area (Å²) in [5, 5.41) is 3.08. The molecule has 1 unspecified atom stereocenters. The number of aliphatic imine (C=N–C) groups is 1. The quantitative estimate of drug-likeness (QED) is 0.731. The zero-order valence-electron chi connectivity index (χ0n) is 13.2. The first-order chi connectivity index (χ1) is 10.5. The average molecular weight is 300 g/mol. The Morgan fingerprint density at radius 1 is 1.23 bits per heavy atom. The highest BCUT2D eigenvalue weighted by Gasteiger charge is 2.28. The normalized spacial score (nSPS) is 25.8. The molecule has 0 amide bonds. The lowest BCUT2D eigenvalue weighted by Gasteiger charge is -2.35. The minimum absolute atomic E-state index is 0.432. The summed E-state index contributed by atoms with van der Waals surface area (Å²) in [5.41, 5.74) is 15.5. The molecule has 118 valence electrons. The van der Waals surface area contributed by atoms with Crippen molar-refractivity contribution in [2.75, 3.05) is 38.1 Å². The molecule has 5 N–H and O–H groups in total. The highest BCUT2D eigenvalue weighted by Crippen LogP contribution is 2.27. The zero-order chi connectivity index (χ0) is 15.7. The molecule has 2 aliphatic rings. The van der Waals surface area contributed by atoms with E-state index in [-0.39, 0.29) is 0 Å². The molecule has 1 aromatic carbocycles. The Kier molecular flexibility index (Phi) is 3.80. The molecule has 1 fully saturated rings. The number of hydrogen-bond acceptors (Lipinski definition) is 6. The fraction of sp³-hybridized carbons (Fsp3) is 0.438. The highest BCUT2D eigenvalue weighted by molar-refractivity contribution is 5.92. The molecule has 2 aliphatic heterocycles. The summed E-state index contributed by atoms with van der Waals surface area (Å²) < 4.78 is 0. The van der Waals surface area contributed by atoms with E-state index in [0.717, 1.165) is 31.7 Å². The van der Waals surface area contributed by atoms with Crippen LogP contribution in [0, 0.1) is 6.92 Å². The summed E-state index contributed by atoms with van der Waals surface area (Å²) in [5.74, 6) is -0.549. The van der Waals surface area contributed by atoms with Crippen LogP contribution in [0.4, 0.5) is 5.69 Å². The van der Waals surface area contributed by atoms with Crippen LogP contribution in [0.2, 0.25) is 0 Å². The lowest BCUT2D eigenvalue weighted by Crippen LogP contribution is -2.49. The second-order valence-corrected chi connectivity index (χ2v) is 6.07. The topological polar surface area (TPSA) is 82.9 Å². The van der Waals surface area contributed by atoms with Gasteiger partial charge in [0.15, 0.2) is 0 Å².